The molecule has 0 saturated carbocycles. The molecule has 3 amide bonds. The molecule has 2 fully saturated rings. The monoisotopic (exact) mass is 478 g/mol. The summed E-state index contributed by atoms with van der Waals surface area (Å²) in [6.07, 6.45) is 1.55. The van der Waals surface area contributed by atoms with Gasteiger partial charge in [0.2, 0.25) is 11.8 Å². The van der Waals surface area contributed by atoms with Crippen LogP contribution in [0, 0.1) is 0 Å². The van der Waals surface area contributed by atoms with Gasteiger partial charge in [0.05, 0.1) is 6.54 Å². The number of rotatable bonds is 6. The molecule has 2 heterocycles. The van der Waals surface area contributed by atoms with Gasteiger partial charge in [-0.25, -0.2) is 0 Å². The second kappa shape index (κ2) is 10.4. The summed E-state index contributed by atoms with van der Waals surface area (Å²) in [5, 5.41) is 0. The van der Waals surface area contributed by atoms with Crippen LogP contribution in [0.5, 0.6) is 0 Å². The van der Waals surface area contributed by atoms with Gasteiger partial charge in [-0.3, -0.25) is 19.3 Å². The first-order valence-electron chi connectivity index (χ1n) is 10.8. The van der Waals surface area contributed by atoms with Crippen molar-refractivity contribution in [2.24, 2.45) is 0 Å². The Kier molecular flexibility index (Phi) is 7.88. The zero-order chi connectivity index (χ0) is 21.7. The minimum Gasteiger partial charge on any atom is -0.342 e. The number of amides is 3. The molecule has 0 aromatic heterocycles. The summed E-state index contributed by atoms with van der Waals surface area (Å²) in [6, 6.07) is 6.89. The molecule has 1 atom stereocenters. The van der Waals surface area contributed by atoms with Crippen LogP contribution in [-0.2, 0) is 9.59 Å². The van der Waals surface area contributed by atoms with Crippen molar-refractivity contribution in [3.63, 3.8) is 0 Å². The number of piperazine rings is 1. The molecule has 1 unspecified atom stereocenters. The molecule has 3 rings (SSSR count). The number of hydrogen-bond acceptors (Lipinski definition) is 4. The van der Waals surface area contributed by atoms with Crippen molar-refractivity contribution in [2.45, 2.75) is 32.7 Å². The van der Waals surface area contributed by atoms with Gasteiger partial charge in [-0.1, -0.05) is 15.9 Å². The van der Waals surface area contributed by atoms with Gasteiger partial charge >= 0.3 is 0 Å². The van der Waals surface area contributed by atoms with Gasteiger partial charge < -0.3 is 14.7 Å². The Balaban J connectivity index is 1.55. The van der Waals surface area contributed by atoms with Crippen LogP contribution in [0.25, 0.3) is 0 Å². The van der Waals surface area contributed by atoms with Crippen molar-refractivity contribution < 1.29 is 14.4 Å². The van der Waals surface area contributed by atoms with Gasteiger partial charge in [0, 0.05) is 55.8 Å². The second-order valence-electron chi connectivity index (χ2n) is 7.83. The maximum atomic E-state index is 13.2. The summed E-state index contributed by atoms with van der Waals surface area (Å²) in [4.78, 5) is 46.0. The maximum absolute atomic E-state index is 13.2. The largest absolute Gasteiger partial charge is 0.342 e. The molecule has 2 aliphatic heterocycles. The number of benzene rings is 1. The van der Waals surface area contributed by atoms with Crippen LogP contribution >= 0.6 is 15.9 Å². The topological polar surface area (TPSA) is 64.2 Å². The predicted molar refractivity (Wildman–Crippen MR) is 119 cm³/mol. The van der Waals surface area contributed by atoms with Crippen LogP contribution in [0.3, 0.4) is 0 Å². The molecule has 1 aromatic carbocycles. The van der Waals surface area contributed by atoms with Gasteiger partial charge in [-0.2, -0.15) is 0 Å². The first-order chi connectivity index (χ1) is 14.4. The molecule has 7 nitrogen and oxygen atoms in total. The van der Waals surface area contributed by atoms with Crippen molar-refractivity contribution in [3.8, 4) is 0 Å². The van der Waals surface area contributed by atoms with E-state index in [0.29, 0.717) is 51.3 Å². The molecule has 164 valence electrons. The Bertz CT molecular complexity index is 758. The lowest BCUT2D eigenvalue weighted by Gasteiger charge is -2.37. The highest BCUT2D eigenvalue weighted by molar-refractivity contribution is 9.10. The predicted octanol–water partition coefficient (Wildman–Crippen LogP) is 2.07. The molecule has 2 aliphatic rings. The third kappa shape index (κ3) is 5.21. The summed E-state index contributed by atoms with van der Waals surface area (Å²) in [5.41, 5.74) is 0.609. The third-order valence-electron chi connectivity index (χ3n) is 6.05. The molecular formula is C22H31BrN4O3. The number of carbonyl (C=O) groups excluding carboxylic acids is 3. The summed E-state index contributed by atoms with van der Waals surface area (Å²) in [6.45, 7) is 9.00. The lowest BCUT2D eigenvalue weighted by atomic mass is 10.1. The first kappa shape index (κ1) is 22.7. The van der Waals surface area contributed by atoms with E-state index in [9.17, 15) is 14.4 Å². The molecule has 0 radical (unpaired) electrons. The third-order valence-corrected chi connectivity index (χ3v) is 6.58. The Morgan fingerprint density at radius 1 is 1.00 bits per heavy atom. The summed E-state index contributed by atoms with van der Waals surface area (Å²) < 4.78 is 0.922. The average molecular weight is 479 g/mol. The highest BCUT2D eigenvalue weighted by atomic mass is 79.9. The van der Waals surface area contributed by atoms with E-state index in [1.165, 1.54) is 0 Å². The van der Waals surface area contributed by atoms with Crippen molar-refractivity contribution >= 4 is 33.7 Å². The SMILES string of the molecule is CCN(CC)C(=O)CN1CCN(C(=O)C2CCCN2C(=O)c2ccc(Br)cc2)CC1. The first-order valence-corrected chi connectivity index (χ1v) is 11.6. The lowest BCUT2D eigenvalue weighted by Crippen LogP contribution is -2.55. The Hall–Kier alpha value is -1.93. The summed E-state index contributed by atoms with van der Waals surface area (Å²) >= 11 is 3.39. The zero-order valence-electron chi connectivity index (χ0n) is 17.8. The van der Waals surface area contributed by atoms with E-state index in [-0.39, 0.29) is 23.8 Å². The quantitative estimate of drug-likeness (QED) is 0.627. The van der Waals surface area contributed by atoms with Crippen LogP contribution < -0.4 is 0 Å². The van der Waals surface area contributed by atoms with Crippen molar-refractivity contribution in [1.82, 2.24) is 19.6 Å². The number of carbonyl (C=O) groups is 3. The lowest BCUT2D eigenvalue weighted by molar-refractivity contribution is -0.138. The van der Waals surface area contributed by atoms with E-state index in [1.54, 1.807) is 17.0 Å². The minimum absolute atomic E-state index is 0.0349. The number of halogens is 1. The molecule has 8 heteroatoms. The molecule has 1 aromatic rings. The highest BCUT2D eigenvalue weighted by Crippen LogP contribution is 2.23. The van der Waals surface area contributed by atoms with Crippen molar-refractivity contribution in [2.75, 3.05) is 52.4 Å². The second-order valence-corrected chi connectivity index (χ2v) is 8.75. The van der Waals surface area contributed by atoms with Crippen LogP contribution in [0.15, 0.2) is 28.7 Å². The average Bonchev–Trinajstić information content (AvgIpc) is 3.24. The van der Waals surface area contributed by atoms with E-state index >= 15 is 0 Å². The zero-order valence-corrected chi connectivity index (χ0v) is 19.4. The van der Waals surface area contributed by atoms with Crippen molar-refractivity contribution in [1.29, 1.82) is 0 Å². The maximum Gasteiger partial charge on any atom is 0.254 e. The van der Waals surface area contributed by atoms with Crippen LogP contribution in [0.2, 0.25) is 0 Å². The molecular weight excluding hydrogens is 448 g/mol. The van der Waals surface area contributed by atoms with Gasteiger partial charge in [0.15, 0.2) is 0 Å². The molecule has 0 N–H and O–H groups in total. The van der Waals surface area contributed by atoms with E-state index in [0.717, 1.165) is 24.0 Å². The molecule has 2 saturated heterocycles. The fourth-order valence-corrected chi connectivity index (χ4v) is 4.49. The Morgan fingerprint density at radius 3 is 2.23 bits per heavy atom. The van der Waals surface area contributed by atoms with E-state index < -0.39 is 0 Å². The Labute approximate surface area is 187 Å². The van der Waals surface area contributed by atoms with Gasteiger partial charge in [-0.05, 0) is 51.0 Å². The number of nitrogens with zero attached hydrogens (tertiary/aromatic N) is 4. The normalized spacial score (nSPS) is 19.8. The fourth-order valence-electron chi connectivity index (χ4n) is 4.23. The van der Waals surface area contributed by atoms with Gasteiger partial charge in [0.25, 0.3) is 5.91 Å². The smallest absolute Gasteiger partial charge is 0.254 e. The molecule has 0 bridgehead atoms. The van der Waals surface area contributed by atoms with Gasteiger partial charge in [-0.15, -0.1) is 0 Å². The Morgan fingerprint density at radius 2 is 1.63 bits per heavy atom. The molecule has 0 spiro atoms. The number of likely N-dealkylation sites (N-methyl/N-ethyl adjacent to an activating group) is 1. The van der Waals surface area contributed by atoms with Crippen LogP contribution in [0.1, 0.15) is 37.0 Å². The number of hydrogen-bond donors (Lipinski definition) is 0. The van der Waals surface area contributed by atoms with Crippen molar-refractivity contribution in [3.05, 3.63) is 34.3 Å². The summed E-state index contributed by atoms with van der Waals surface area (Å²) in [7, 11) is 0. The molecule has 0 aliphatic carbocycles. The fraction of sp³-hybridized carbons (Fsp3) is 0.591. The van der Waals surface area contributed by atoms with E-state index in [2.05, 4.69) is 20.8 Å². The summed E-state index contributed by atoms with van der Waals surface area (Å²) in [5.74, 6) is 0.0938. The van der Waals surface area contributed by atoms with Gasteiger partial charge in [0.1, 0.15) is 6.04 Å². The van der Waals surface area contributed by atoms with Crippen LogP contribution in [-0.4, -0.2) is 95.7 Å². The minimum atomic E-state index is -0.384. The van der Waals surface area contributed by atoms with Crippen LogP contribution in [0.4, 0.5) is 0 Å². The number of likely N-dealkylation sites (tertiary alicyclic amines) is 1. The standard InChI is InChI=1S/C22H31BrN4O3/c1-3-25(4-2)20(28)16-24-12-14-26(15-13-24)22(30)19-6-5-11-27(19)21(29)17-7-9-18(23)10-8-17/h7-10,19H,3-6,11-16H2,1-2H3. The molecule has 30 heavy (non-hydrogen) atoms. The van der Waals surface area contributed by atoms with E-state index in [4.69, 9.17) is 0 Å². The van der Waals surface area contributed by atoms with E-state index in [1.807, 2.05) is 35.8 Å². The highest BCUT2D eigenvalue weighted by Gasteiger charge is 2.37.